The van der Waals surface area contributed by atoms with Gasteiger partial charge in [0.15, 0.2) is 5.78 Å². The molecule has 2 rings (SSSR count). The zero-order valence-corrected chi connectivity index (χ0v) is 12.5. The zero-order chi connectivity index (χ0) is 15.2. The van der Waals surface area contributed by atoms with E-state index in [-0.39, 0.29) is 18.5 Å². The van der Waals surface area contributed by atoms with Gasteiger partial charge in [-0.1, -0.05) is 18.2 Å². The number of ketones is 1. The highest BCUT2D eigenvalue weighted by atomic mass is 16.5. The first-order valence-electron chi connectivity index (χ1n) is 7.04. The minimum atomic E-state index is -0.0511. The normalized spacial score (nSPS) is 17.5. The number of aliphatic hydroxyl groups excluding tert-OH is 1. The first-order valence-corrected chi connectivity index (χ1v) is 7.04. The van der Waals surface area contributed by atoms with Gasteiger partial charge in [-0.05, 0) is 30.7 Å². The van der Waals surface area contributed by atoms with Crippen molar-refractivity contribution in [1.29, 1.82) is 0 Å². The van der Waals surface area contributed by atoms with E-state index in [1.807, 2.05) is 55.4 Å². The Morgan fingerprint density at radius 2 is 2.05 bits per heavy atom. The number of Topliss-reactive ketones (excluding diaryl/α,β-unsaturated/α-hetero) is 1. The van der Waals surface area contributed by atoms with Crippen LogP contribution in [0.3, 0.4) is 0 Å². The lowest BCUT2D eigenvalue weighted by molar-refractivity contribution is 0.0554. The number of rotatable bonds is 6. The molecule has 112 valence electrons. The zero-order valence-electron chi connectivity index (χ0n) is 12.5. The summed E-state index contributed by atoms with van der Waals surface area (Å²) in [5, 5.41) is 8.73. The highest BCUT2D eigenvalue weighted by Crippen LogP contribution is 2.19. The Bertz CT molecular complexity index is 544. The van der Waals surface area contributed by atoms with Gasteiger partial charge in [0.05, 0.1) is 19.3 Å². The first kappa shape index (κ1) is 15.5. The van der Waals surface area contributed by atoms with Crippen molar-refractivity contribution in [3.05, 3.63) is 53.6 Å². The van der Waals surface area contributed by atoms with Crippen molar-refractivity contribution < 1.29 is 14.6 Å². The van der Waals surface area contributed by atoms with Gasteiger partial charge in [-0.25, -0.2) is 0 Å². The van der Waals surface area contributed by atoms with E-state index in [4.69, 9.17) is 9.84 Å². The van der Waals surface area contributed by atoms with Crippen molar-refractivity contribution in [2.45, 2.75) is 12.5 Å². The second-order valence-corrected chi connectivity index (χ2v) is 5.16. The largest absolute Gasteiger partial charge is 0.394 e. The quantitative estimate of drug-likeness (QED) is 0.815. The molecule has 0 saturated heterocycles. The summed E-state index contributed by atoms with van der Waals surface area (Å²) >= 11 is 0. The summed E-state index contributed by atoms with van der Waals surface area (Å²) < 4.78 is 5.41. The summed E-state index contributed by atoms with van der Waals surface area (Å²) in [6.45, 7) is 0.330. The third kappa shape index (κ3) is 4.03. The summed E-state index contributed by atoms with van der Waals surface area (Å²) in [5.74, 6) is 0.0252. The molecule has 1 aromatic carbocycles. The Morgan fingerprint density at radius 3 is 2.57 bits per heavy atom. The molecular formula is C17H21NO3. The molecule has 1 aromatic rings. The molecular weight excluding hydrogens is 266 g/mol. The Hall–Kier alpha value is -1.91. The van der Waals surface area contributed by atoms with Crippen molar-refractivity contribution in [2.24, 2.45) is 0 Å². The van der Waals surface area contributed by atoms with Crippen LogP contribution in [0.25, 0.3) is 0 Å². The minimum absolute atomic E-state index is 0.0120. The van der Waals surface area contributed by atoms with E-state index in [2.05, 4.69) is 0 Å². The lowest BCUT2D eigenvalue weighted by Crippen LogP contribution is -2.16. The third-order valence-electron chi connectivity index (χ3n) is 3.39. The Kier molecular flexibility index (Phi) is 5.31. The fourth-order valence-electron chi connectivity index (χ4n) is 2.17. The van der Waals surface area contributed by atoms with Crippen LogP contribution < -0.4 is 4.90 Å². The molecule has 1 atom stereocenters. The smallest absolute Gasteiger partial charge is 0.192 e. The van der Waals surface area contributed by atoms with Crippen LogP contribution in [-0.2, 0) is 4.74 Å². The molecule has 0 aliphatic heterocycles. The van der Waals surface area contributed by atoms with Crippen molar-refractivity contribution in [3.63, 3.8) is 0 Å². The molecule has 21 heavy (non-hydrogen) atoms. The Labute approximate surface area is 125 Å². The van der Waals surface area contributed by atoms with E-state index in [1.165, 1.54) is 0 Å². The van der Waals surface area contributed by atoms with Gasteiger partial charge in [0.25, 0.3) is 0 Å². The van der Waals surface area contributed by atoms with Gasteiger partial charge in [0.1, 0.15) is 0 Å². The molecule has 0 spiro atoms. The molecule has 1 aliphatic rings. The molecule has 0 radical (unpaired) electrons. The maximum Gasteiger partial charge on any atom is 0.192 e. The molecule has 4 nitrogen and oxygen atoms in total. The van der Waals surface area contributed by atoms with E-state index in [1.54, 1.807) is 6.08 Å². The fraction of sp³-hybridized carbons (Fsp3) is 0.353. The van der Waals surface area contributed by atoms with E-state index >= 15 is 0 Å². The predicted octanol–water partition coefficient (Wildman–Crippen LogP) is 2.20. The fourth-order valence-corrected chi connectivity index (χ4v) is 2.17. The van der Waals surface area contributed by atoms with Crippen molar-refractivity contribution in [1.82, 2.24) is 0 Å². The number of hydrogen-bond acceptors (Lipinski definition) is 4. The van der Waals surface area contributed by atoms with Crippen LogP contribution in [0.1, 0.15) is 16.8 Å². The summed E-state index contributed by atoms with van der Waals surface area (Å²) in [6, 6.07) is 7.57. The van der Waals surface area contributed by atoms with Crippen LogP contribution in [0, 0.1) is 0 Å². The molecule has 0 saturated carbocycles. The summed E-state index contributed by atoms with van der Waals surface area (Å²) in [5.41, 5.74) is 2.44. The van der Waals surface area contributed by atoms with Gasteiger partial charge >= 0.3 is 0 Å². The van der Waals surface area contributed by atoms with Crippen LogP contribution in [-0.4, -0.2) is 44.3 Å². The predicted molar refractivity (Wildman–Crippen MR) is 83.8 cm³/mol. The van der Waals surface area contributed by atoms with E-state index in [0.29, 0.717) is 24.2 Å². The number of carbonyl (C=O) groups excluding carboxylic acids is 1. The van der Waals surface area contributed by atoms with Crippen LogP contribution in [0.5, 0.6) is 0 Å². The van der Waals surface area contributed by atoms with Gasteiger partial charge in [0.2, 0.25) is 0 Å². The molecule has 1 N–H and O–H groups in total. The number of nitrogens with zero attached hydrogens (tertiary/aromatic N) is 1. The van der Waals surface area contributed by atoms with Crippen LogP contribution >= 0.6 is 0 Å². The van der Waals surface area contributed by atoms with Gasteiger partial charge < -0.3 is 14.7 Å². The van der Waals surface area contributed by atoms with Crippen LogP contribution in [0.2, 0.25) is 0 Å². The number of allylic oxidation sites excluding steroid dienone is 2. The first-order chi connectivity index (χ1) is 10.1. The molecule has 1 aliphatic carbocycles. The van der Waals surface area contributed by atoms with Crippen LogP contribution in [0.15, 0.2) is 48.1 Å². The maximum atomic E-state index is 12.4. The monoisotopic (exact) mass is 287 g/mol. The topological polar surface area (TPSA) is 49.8 Å². The van der Waals surface area contributed by atoms with Gasteiger partial charge in [0, 0.05) is 30.9 Å². The second kappa shape index (κ2) is 7.20. The number of ether oxygens (including phenoxy) is 1. The number of carbonyl (C=O) groups is 1. The Morgan fingerprint density at radius 1 is 1.33 bits per heavy atom. The van der Waals surface area contributed by atoms with Crippen molar-refractivity contribution in [3.8, 4) is 0 Å². The number of aliphatic hydroxyl groups is 1. The summed E-state index contributed by atoms with van der Waals surface area (Å²) in [7, 11) is 3.94. The standard InChI is InChI=1S/C17H21NO3/c1-18(2)15-7-3-13(4-8-15)17(20)14-5-9-16(10-6-14)21-12-11-19/h3-9,16,19H,10-12H2,1-2H3. The number of hydrogen-bond donors (Lipinski definition) is 1. The third-order valence-corrected chi connectivity index (χ3v) is 3.39. The molecule has 4 heteroatoms. The molecule has 0 heterocycles. The van der Waals surface area contributed by atoms with E-state index in [9.17, 15) is 4.79 Å². The van der Waals surface area contributed by atoms with Gasteiger partial charge in [-0.3, -0.25) is 4.79 Å². The second-order valence-electron chi connectivity index (χ2n) is 5.16. The highest BCUT2D eigenvalue weighted by molar-refractivity contribution is 6.10. The van der Waals surface area contributed by atoms with Gasteiger partial charge in [-0.2, -0.15) is 0 Å². The summed E-state index contributed by atoms with van der Waals surface area (Å²) in [4.78, 5) is 14.4. The number of benzene rings is 1. The molecule has 0 amide bonds. The number of anilines is 1. The molecule has 0 bridgehead atoms. The maximum absolute atomic E-state index is 12.4. The van der Waals surface area contributed by atoms with Gasteiger partial charge in [-0.15, -0.1) is 0 Å². The molecule has 0 aromatic heterocycles. The Balaban J connectivity index is 2.01. The molecule has 1 unspecified atom stereocenters. The SMILES string of the molecule is CN(C)c1ccc(C(=O)C2=CCC(OCCO)C=C2)cc1. The van der Waals surface area contributed by atoms with Crippen molar-refractivity contribution in [2.75, 3.05) is 32.2 Å². The minimum Gasteiger partial charge on any atom is -0.394 e. The van der Waals surface area contributed by atoms with E-state index in [0.717, 1.165) is 5.69 Å². The van der Waals surface area contributed by atoms with E-state index < -0.39 is 0 Å². The summed E-state index contributed by atoms with van der Waals surface area (Å²) in [6.07, 6.45) is 6.17. The average Bonchev–Trinajstić information content (AvgIpc) is 2.53. The van der Waals surface area contributed by atoms with Crippen molar-refractivity contribution >= 4 is 11.5 Å². The van der Waals surface area contributed by atoms with Crippen LogP contribution in [0.4, 0.5) is 5.69 Å². The highest BCUT2D eigenvalue weighted by Gasteiger charge is 2.15. The average molecular weight is 287 g/mol. The lowest BCUT2D eigenvalue weighted by atomic mass is 9.97. The molecule has 0 fully saturated rings. The lowest BCUT2D eigenvalue weighted by Gasteiger charge is -2.16.